The summed E-state index contributed by atoms with van der Waals surface area (Å²) in [7, 11) is -3.59. The van der Waals surface area contributed by atoms with Crippen molar-refractivity contribution >= 4 is 21.7 Å². The maximum absolute atomic E-state index is 11.6. The Kier molecular flexibility index (Phi) is 3.77. The molecule has 0 saturated carbocycles. The predicted octanol–water partition coefficient (Wildman–Crippen LogP) is 1.15. The van der Waals surface area contributed by atoms with Crippen molar-refractivity contribution < 1.29 is 18.3 Å². The molecule has 0 aliphatic rings. The monoisotopic (exact) mass is 257 g/mol. The summed E-state index contributed by atoms with van der Waals surface area (Å²) in [6.07, 6.45) is 0.994. The van der Waals surface area contributed by atoms with E-state index in [9.17, 15) is 13.2 Å². The standard InChI is InChI=1S/C11H15NO4S/c1-8-4-9(2)6-10(5-8)12(7-11(13)14)17(3,15)16/h4-6H,7H2,1-3H3,(H,13,14). The molecule has 6 heteroatoms. The second-order valence-corrected chi connectivity index (χ2v) is 5.92. The lowest BCUT2D eigenvalue weighted by molar-refractivity contribution is -0.135. The molecule has 0 heterocycles. The van der Waals surface area contributed by atoms with E-state index in [2.05, 4.69) is 0 Å². The van der Waals surface area contributed by atoms with Crippen molar-refractivity contribution in [3.8, 4) is 0 Å². The zero-order valence-electron chi connectivity index (χ0n) is 9.97. The van der Waals surface area contributed by atoms with Crippen molar-refractivity contribution in [3.05, 3.63) is 29.3 Å². The van der Waals surface area contributed by atoms with E-state index in [1.54, 1.807) is 12.1 Å². The number of aliphatic carboxylic acids is 1. The number of aryl methyl sites for hydroxylation is 2. The summed E-state index contributed by atoms with van der Waals surface area (Å²) in [5, 5.41) is 8.74. The van der Waals surface area contributed by atoms with Crippen LogP contribution >= 0.6 is 0 Å². The summed E-state index contributed by atoms with van der Waals surface area (Å²) in [5.41, 5.74) is 2.16. The average molecular weight is 257 g/mol. The zero-order valence-corrected chi connectivity index (χ0v) is 10.8. The molecule has 0 aliphatic heterocycles. The number of rotatable bonds is 4. The van der Waals surface area contributed by atoms with E-state index in [1.807, 2.05) is 19.9 Å². The Morgan fingerprint density at radius 1 is 1.24 bits per heavy atom. The minimum atomic E-state index is -3.59. The first kappa shape index (κ1) is 13.5. The number of hydrogen-bond donors (Lipinski definition) is 1. The lowest BCUT2D eigenvalue weighted by atomic mass is 10.1. The Morgan fingerprint density at radius 2 is 1.71 bits per heavy atom. The van der Waals surface area contributed by atoms with E-state index >= 15 is 0 Å². The predicted molar refractivity (Wildman–Crippen MR) is 65.7 cm³/mol. The first-order valence-corrected chi connectivity index (χ1v) is 6.83. The first-order valence-electron chi connectivity index (χ1n) is 4.98. The van der Waals surface area contributed by atoms with Crippen molar-refractivity contribution in [2.24, 2.45) is 0 Å². The van der Waals surface area contributed by atoms with Crippen molar-refractivity contribution in [2.45, 2.75) is 13.8 Å². The molecule has 0 fully saturated rings. The van der Waals surface area contributed by atoms with Crippen LogP contribution < -0.4 is 4.31 Å². The smallest absolute Gasteiger partial charge is 0.324 e. The summed E-state index contributed by atoms with van der Waals surface area (Å²) in [6.45, 7) is 3.09. The molecule has 1 aromatic carbocycles. The fourth-order valence-corrected chi connectivity index (χ4v) is 2.45. The number of carbonyl (C=O) groups is 1. The van der Waals surface area contributed by atoms with Crippen LogP contribution in [0.4, 0.5) is 5.69 Å². The summed E-state index contributed by atoms with van der Waals surface area (Å²) in [5.74, 6) is -1.19. The summed E-state index contributed by atoms with van der Waals surface area (Å²) in [4.78, 5) is 10.7. The molecule has 0 atom stereocenters. The van der Waals surface area contributed by atoms with Crippen LogP contribution in [0.1, 0.15) is 11.1 Å². The van der Waals surface area contributed by atoms with Crippen LogP contribution in [0.2, 0.25) is 0 Å². The van der Waals surface area contributed by atoms with Gasteiger partial charge in [-0.2, -0.15) is 0 Å². The van der Waals surface area contributed by atoms with Gasteiger partial charge in [0, 0.05) is 0 Å². The lowest BCUT2D eigenvalue weighted by Gasteiger charge is -2.21. The third-order valence-electron chi connectivity index (χ3n) is 2.17. The van der Waals surface area contributed by atoms with Gasteiger partial charge in [0.1, 0.15) is 6.54 Å². The zero-order chi connectivity index (χ0) is 13.2. The Bertz CT molecular complexity index is 516. The van der Waals surface area contributed by atoms with Crippen LogP contribution in [-0.4, -0.2) is 32.3 Å². The third kappa shape index (κ3) is 3.74. The SMILES string of the molecule is Cc1cc(C)cc(N(CC(=O)O)S(C)(=O)=O)c1. The maximum atomic E-state index is 11.6. The second kappa shape index (κ2) is 4.75. The van der Waals surface area contributed by atoms with Gasteiger partial charge in [-0.05, 0) is 37.1 Å². The van der Waals surface area contributed by atoms with Gasteiger partial charge in [-0.1, -0.05) is 6.07 Å². The maximum Gasteiger partial charge on any atom is 0.324 e. The third-order valence-corrected chi connectivity index (χ3v) is 3.31. The molecule has 94 valence electrons. The molecule has 0 saturated heterocycles. The fraction of sp³-hybridized carbons (Fsp3) is 0.364. The highest BCUT2D eigenvalue weighted by Gasteiger charge is 2.20. The second-order valence-electron chi connectivity index (χ2n) is 4.01. The van der Waals surface area contributed by atoms with Gasteiger partial charge in [-0.15, -0.1) is 0 Å². The molecular weight excluding hydrogens is 242 g/mol. The van der Waals surface area contributed by atoms with Gasteiger partial charge in [0.05, 0.1) is 11.9 Å². The van der Waals surface area contributed by atoms with Crippen molar-refractivity contribution in [1.82, 2.24) is 0 Å². The van der Waals surface area contributed by atoms with Crippen LogP contribution in [0.3, 0.4) is 0 Å². The van der Waals surface area contributed by atoms with Gasteiger partial charge in [0.15, 0.2) is 0 Å². The minimum absolute atomic E-state index is 0.382. The van der Waals surface area contributed by atoms with Crippen molar-refractivity contribution in [2.75, 3.05) is 17.1 Å². The molecule has 1 aromatic rings. The van der Waals surface area contributed by atoms with Crippen LogP contribution in [0, 0.1) is 13.8 Å². The molecule has 0 spiro atoms. The molecule has 0 amide bonds. The van der Waals surface area contributed by atoms with Gasteiger partial charge in [-0.3, -0.25) is 9.10 Å². The summed E-state index contributed by atoms with van der Waals surface area (Å²) in [6, 6.07) is 5.19. The topological polar surface area (TPSA) is 74.7 Å². The Morgan fingerprint density at radius 3 is 2.06 bits per heavy atom. The van der Waals surface area contributed by atoms with E-state index in [0.717, 1.165) is 21.7 Å². The first-order chi connectivity index (χ1) is 7.70. The van der Waals surface area contributed by atoms with Gasteiger partial charge < -0.3 is 5.11 Å². The van der Waals surface area contributed by atoms with Gasteiger partial charge >= 0.3 is 5.97 Å². The van der Waals surface area contributed by atoms with E-state index in [0.29, 0.717) is 5.69 Å². The highest BCUT2D eigenvalue weighted by molar-refractivity contribution is 7.92. The van der Waals surface area contributed by atoms with Crippen LogP contribution in [-0.2, 0) is 14.8 Å². The molecule has 1 N–H and O–H groups in total. The normalized spacial score (nSPS) is 11.2. The van der Waals surface area contributed by atoms with E-state index in [-0.39, 0.29) is 0 Å². The van der Waals surface area contributed by atoms with Crippen molar-refractivity contribution in [1.29, 1.82) is 0 Å². The highest BCUT2D eigenvalue weighted by atomic mass is 32.2. The number of carboxylic acid groups (broad SMARTS) is 1. The van der Waals surface area contributed by atoms with E-state index < -0.39 is 22.5 Å². The highest BCUT2D eigenvalue weighted by Crippen LogP contribution is 2.20. The summed E-state index contributed by atoms with van der Waals surface area (Å²) < 4.78 is 24.0. The van der Waals surface area contributed by atoms with Crippen LogP contribution in [0.25, 0.3) is 0 Å². The van der Waals surface area contributed by atoms with E-state index in [4.69, 9.17) is 5.11 Å². The summed E-state index contributed by atoms with van der Waals surface area (Å²) >= 11 is 0. The van der Waals surface area contributed by atoms with Crippen LogP contribution in [0.5, 0.6) is 0 Å². The molecule has 0 unspecified atom stereocenters. The molecule has 0 aromatic heterocycles. The Hall–Kier alpha value is -1.56. The number of nitrogens with zero attached hydrogens (tertiary/aromatic N) is 1. The number of benzene rings is 1. The van der Waals surface area contributed by atoms with Gasteiger partial charge in [0.2, 0.25) is 10.0 Å². The average Bonchev–Trinajstić information content (AvgIpc) is 2.10. The van der Waals surface area contributed by atoms with E-state index in [1.165, 1.54) is 0 Å². The molecule has 0 radical (unpaired) electrons. The number of carboxylic acids is 1. The molecule has 0 aliphatic carbocycles. The number of sulfonamides is 1. The number of anilines is 1. The van der Waals surface area contributed by atoms with Crippen molar-refractivity contribution in [3.63, 3.8) is 0 Å². The Labute approximate surface area is 101 Å². The molecular formula is C11H15NO4S. The molecule has 1 rings (SSSR count). The Balaban J connectivity index is 3.27. The minimum Gasteiger partial charge on any atom is -0.480 e. The van der Waals surface area contributed by atoms with Gasteiger partial charge in [-0.25, -0.2) is 8.42 Å². The quantitative estimate of drug-likeness (QED) is 0.878. The molecule has 0 bridgehead atoms. The lowest BCUT2D eigenvalue weighted by Crippen LogP contribution is -2.34. The number of hydrogen-bond acceptors (Lipinski definition) is 3. The molecule has 17 heavy (non-hydrogen) atoms. The fourth-order valence-electron chi connectivity index (χ4n) is 1.62. The molecule has 5 nitrogen and oxygen atoms in total. The van der Waals surface area contributed by atoms with Crippen LogP contribution in [0.15, 0.2) is 18.2 Å². The van der Waals surface area contributed by atoms with Gasteiger partial charge in [0.25, 0.3) is 0 Å². The largest absolute Gasteiger partial charge is 0.480 e.